The van der Waals surface area contributed by atoms with Gasteiger partial charge in [-0.15, -0.1) is 11.8 Å². The lowest BCUT2D eigenvalue weighted by molar-refractivity contribution is 0.362. The summed E-state index contributed by atoms with van der Waals surface area (Å²) in [6.45, 7) is 7.30. The van der Waals surface area contributed by atoms with Crippen LogP contribution in [0, 0.1) is 13.8 Å². The van der Waals surface area contributed by atoms with E-state index in [1.54, 1.807) is 18.8 Å². The highest BCUT2D eigenvalue weighted by Gasteiger charge is 2.19. The number of likely N-dealkylation sites (tertiary alicyclic amines) is 1. The largest absolute Gasteiger partial charge is 0.332 e. The Bertz CT molecular complexity index is 1200. The molecule has 0 atom stereocenters. The molecule has 3 heterocycles. The number of hydrogen-bond acceptors (Lipinski definition) is 6. The first-order valence-corrected chi connectivity index (χ1v) is 11.3. The predicted molar refractivity (Wildman–Crippen MR) is 121 cm³/mol. The summed E-state index contributed by atoms with van der Waals surface area (Å²) in [5.41, 5.74) is 2.79. The molecule has 1 saturated heterocycles. The van der Waals surface area contributed by atoms with Crippen LogP contribution in [-0.4, -0.2) is 49.4 Å². The standard InChI is InChI=1S/C22H27N5O2S/c1-14-11-15(2)13-16(12-14)18-23-19-17(21(28)26(4)22(29)25(19)3)20(24-18)30-10-9-27-7-5-6-8-27/h11-13H,5-10H2,1-4H3. The van der Waals surface area contributed by atoms with Crippen molar-refractivity contribution >= 4 is 22.8 Å². The molecule has 0 saturated carbocycles. The molecule has 30 heavy (non-hydrogen) atoms. The Morgan fingerprint density at radius 3 is 2.30 bits per heavy atom. The van der Waals surface area contributed by atoms with Gasteiger partial charge in [-0.3, -0.25) is 13.9 Å². The van der Waals surface area contributed by atoms with Gasteiger partial charge in [0.15, 0.2) is 11.5 Å². The molecular weight excluding hydrogens is 398 g/mol. The second-order valence-corrected chi connectivity index (χ2v) is 9.11. The highest BCUT2D eigenvalue weighted by molar-refractivity contribution is 7.99. The third-order valence-corrected chi connectivity index (χ3v) is 6.55. The minimum Gasteiger partial charge on any atom is -0.303 e. The number of hydrogen-bond donors (Lipinski definition) is 0. The minimum absolute atomic E-state index is 0.344. The van der Waals surface area contributed by atoms with E-state index in [0.29, 0.717) is 21.9 Å². The average molecular weight is 426 g/mol. The zero-order valence-corrected chi connectivity index (χ0v) is 18.8. The van der Waals surface area contributed by atoms with Gasteiger partial charge in [0, 0.05) is 32.0 Å². The van der Waals surface area contributed by atoms with Crippen molar-refractivity contribution in [3.8, 4) is 11.4 Å². The second kappa shape index (κ2) is 8.35. The fourth-order valence-electron chi connectivity index (χ4n) is 4.04. The van der Waals surface area contributed by atoms with Crippen molar-refractivity contribution in [3.63, 3.8) is 0 Å². The van der Waals surface area contributed by atoms with Crippen molar-refractivity contribution < 1.29 is 0 Å². The van der Waals surface area contributed by atoms with Gasteiger partial charge < -0.3 is 4.90 Å². The molecule has 8 heteroatoms. The van der Waals surface area contributed by atoms with Crippen LogP contribution in [0.1, 0.15) is 24.0 Å². The lowest BCUT2D eigenvalue weighted by Gasteiger charge is -2.15. The Labute approximate surface area is 179 Å². The number of fused-ring (bicyclic) bond motifs is 1. The Hall–Kier alpha value is -2.45. The maximum absolute atomic E-state index is 12.9. The molecule has 0 N–H and O–H groups in total. The molecule has 0 bridgehead atoms. The van der Waals surface area contributed by atoms with E-state index >= 15 is 0 Å². The lowest BCUT2D eigenvalue weighted by atomic mass is 10.1. The van der Waals surface area contributed by atoms with Crippen LogP contribution < -0.4 is 11.2 Å². The Morgan fingerprint density at radius 2 is 1.63 bits per heavy atom. The van der Waals surface area contributed by atoms with E-state index in [9.17, 15) is 9.59 Å². The zero-order chi connectivity index (χ0) is 21.4. The molecule has 1 aliphatic heterocycles. The maximum Gasteiger partial charge on any atom is 0.332 e. The quantitative estimate of drug-likeness (QED) is 0.462. The molecule has 0 aliphatic carbocycles. The number of aryl methyl sites for hydroxylation is 3. The highest BCUT2D eigenvalue weighted by atomic mass is 32.2. The number of thioether (sulfide) groups is 1. The summed E-state index contributed by atoms with van der Waals surface area (Å²) >= 11 is 1.57. The van der Waals surface area contributed by atoms with Crippen molar-refractivity contribution in [3.05, 3.63) is 50.2 Å². The van der Waals surface area contributed by atoms with E-state index in [1.165, 1.54) is 24.5 Å². The third-order valence-electron chi connectivity index (χ3n) is 5.59. The molecule has 7 nitrogen and oxygen atoms in total. The second-order valence-electron chi connectivity index (χ2n) is 8.03. The summed E-state index contributed by atoms with van der Waals surface area (Å²) in [7, 11) is 3.15. The summed E-state index contributed by atoms with van der Waals surface area (Å²) in [6, 6.07) is 6.17. The summed E-state index contributed by atoms with van der Waals surface area (Å²) in [4.78, 5) is 37.3. The molecule has 2 aromatic heterocycles. The van der Waals surface area contributed by atoms with E-state index in [4.69, 9.17) is 4.98 Å². The van der Waals surface area contributed by atoms with Crippen molar-refractivity contribution in [1.29, 1.82) is 0 Å². The van der Waals surface area contributed by atoms with Gasteiger partial charge in [-0.2, -0.15) is 0 Å². The van der Waals surface area contributed by atoms with Crippen molar-refractivity contribution in [1.82, 2.24) is 24.0 Å². The van der Waals surface area contributed by atoms with Crippen LogP contribution in [-0.2, 0) is 14.1 Å². The van der Waals surface area contributed by atoms with Gasteiger partial charge in [0.1, 0.15) is 10.4 Å². The SMILES string of the molecule is Cc1cc(C)cc(-c2nc(SCCN3CCCC3)c3c(=O)n(C)c(=O)n(C)c3n2)c1. The number of benzene rings is 1. The first-order chi connectivity index (χ1) is 14.3. The van der Waals surface area contributed by atoms with Gasteiger partial charge >= 0.3 is 5.69 Å². The van der Waals surface area contributed by atoms with Crippen LogP contribution in [0.25, 0.3) is 22.4 Å². The van der Waals surface area contributed by atoms with Crippen molar-refractivity contribution in [2.45, 2.75) is 31.7 Å². The molecule has 0 amide bonds. The third kappa shape index (κ3) is 3.94. The summed E-state index contributed by atoms with van der Waals surface area (Å²) < 4.78 is 2.57. The fourth-order valence-corrected chi connectivity index (χ4v) is 5.06. The highest BCUT2D eigenvalue weighted by Crippen LogP contribution is 2.27. The van der Waals surface area contributed by atoms with Gasteiger partial charge in [-0.1, -0.05) is 17.2 Å². The molecule has 1 fully saturated rings. The van der Waals surface area contributed by atoms with E-state index in [1.807, 2.05) is 26.0 Å². The van der Waals surface area contributed by atoms with Crippen molar-refractivity contribution in [2.75, 3.05) is 25.4 Å². The Balaban J connectivity index is 1.85. The zero-order valence-electron chi connectivity index (χ0n) is 17.9. The van der Waals surface area contributed by atoms with E-state index < -0.39 is 0 Å². The van der Waals surface area contributed by atoms with Crippen LogP contribution in [0.5, 0.6) is 0 Å². The molecule has 0 radical (unpaired) electrons. The summed E-state index contributed by atoms with van der Waals surface area (Å²) in [5, 5.41) is 1.06. The smallest absolute Gasteiger partial charge is 0.303 e. The topological polar surface area (TPSA) is 73.0 Å². The van der Waals surface area contributed by atoms with Gasteiger partial charge in [0.2, 0.25) is 0 Å². The monoisotopic (exact) mass is 425 g/mol. The first kappa shape index (κ1) is 20.8. The minimum atomic E-state index is -0.384. The number of rotatable bonds is 5. The molecule has 158 valence electrons. The summed E-state index contributed by atoms with van der Waals surface area (Å²) in [5.74, 6) is 1.38. The van der Waals surface area contributed by atoms with Crippen LogP contribution in [0.4, 0.5) is 0 Å². The van der Waals surface area contributed by atoms with Crippen LogP contribution in [0.15, 0.2) is 32.8 Å². The molecule has 1 aromatic carbocycles. The Kier molecular flexibility index (Phi) is 5.79. The molecule has 0 spiro atoms. The van der Waals surface area contributed by atoms with Gasteiger partial charge in [0.05, 0.1) is 0 Å². The number of aromatic nitrogens is 4. The fraction of sp³-hybridized carbons (Fsp3) is 0.455. The average Bonchev–Trinajstić information content (AvgIpc) is 3.23. The van der Waals surface area contributed by atoms with Gasteiger partial charge in [0.25, 0.3) is 5.56 Å². The predicted octanol–water partition coefficient (Wildman–Crippen LogP) is 2.50. The first-order valence-electron chi connectivity index (χ1n) is 10.3. The molecular formula is C22H27N5O2S. The summed E-state index contributed by atoms with van der Waals surface area (Å²) in [6.07, 6.45) is 2.50. The van der Waals surface area contributed by atoms with E-state index in [-0.39, 0.29) is 11.2 Å². The van der Waals surface area contributed by atoms with E-state index in [2.05, 4.69) is 16.0 Å². The normalized spacial score (nSPS) is 14.7. The molecule has 1 aliphatic rings. The molecule has 0 unspecified atom stereocenters. The molecule has 4 rings (SSSR count). The van der Waals surface area contributed by atoms with Gasteiger partial charge in [-0.05, 0) is 51.9 Å². The van der Waals surface area contributed by atoms with E-state index in [0.717, 1.165) is 46.6 Å². The Morgan fingerprint density at radius 1 is 0.967 bits per heavy atom. The van der Waals surface area contributed by atoms with Crippen LogP contribution in [0.2, 0.25) is 0 Å². The van der Waals surface area contributed by atoms with Crippen molar-refractivity contribution in [2.24, 2.45) is 14.1 Å². The maximum atomic E-state index is 12.9. The van der Waals surface area contributed by atoms with Crippen LogP contribution >= 0.6 is 11.8 Å². The molecule has 3 aromatic rings. The lowest BCUT2D eigenvalue weighted by Crippen LogP contribution is -2.37. The van der Waals surface area contributed by atoms with Gasteiger partial charge in [-0.25, -0.2) is 14.8 Å². The van der Waals surface area contributed by atoms with Crippen LogP contribution in [0.3, 0.4) is 0 Å². The number of nitrogens with zero attached hydrogens (tertiary/aromatic N) is 5.